The Kier molecular flexibility index (Phi) is 9.86. The molecular weight excluding hydrogens is 252 g/mol. The topological polar surface area (TPSA) is 41.6 Å². The Morgan fingerprint density at radius 1 is 1.30 bits per heavy atom. The van der Waals surface area contributed by atoms with Gasteiger partial charge in [-0.2, -0.15) is 0 Å². The third kappa shape index (κ3) is 6.23. The summed E-state index contributed by atoms with van der Waals surface area (Å²) < 4.78 is 5.20. The monoisotopic (exact) mass is 286 g/mol. The SMILES string of the molecule is CCNC(C)(CCCN(CC)C(C)CC)C(=O)OCC. The summed E-state index contributed by atoms with van der Waals surface area (Å²) in [6.07, 6.45) is 2.98. The maximum absolute atomic E-state index is 12.1. The number of nitrogens with one attached hydrogen (secondary N) is 1. The van der Waals surface area contributed by atoms with E-state index in [1.54, 1.807) is 0 Å². The molecule has 0 radical (unpaired) electrons. The zero-order valence-corrected chi connectivity index (χ0v) is 14.3. The predicted octanol–water partition coefficient (Wildman–Crippen LogP) is 2.82. The second-order valence-corrected chi connectivity index (χ2v) is 5.57. The summed E-state index contributed by atoms with van der Waals surface area (Å²) in [5.74, 6) is -0.131. The van der Waals surface area contributed by atoms with Gasteiger partial charge >= 0.3 is 5.97 Å². The van der Waals surface area contributed by atoms with Crippen LogP contribution in [0.2, 0.25) is 0 Å². The molecule has 0 saturated carbocycles. The maximum Gasteiger partial charge on any atom is 0.326 e. The van der Waals surface area contributed by atoms with Gasteiger partial charge in [-0.05, 0) is 59.7 Å². The third-order valence-electron chi connectivity index (χ3n) is 4.04. The van der Waals surface area contributed by atoms with Crippen molar-refractivity contribution in [2.24, 2.45) is 0 Å². The molecule has 0 aliphatic rings. The summed E-state index contributed by atoms with van der Waals surface area (Å²) in [6, 6.07) is 0.605. The number of rotatable bonds is 11. The van der Waals surface area contributed by atoms with Crippen LogP contribution in [-0.2, 0) is 9.53 Å². The lowest BCUT2D eigenvalue weighted by Gasteiger charge is -2.31. The van der Waals surface area contributed by atoms with Crippen molar-refractivity contribution in [1.82, 2.24) is 10.2 Å². The van der Waals surface area contributed by atoms with Crippen LogP contribution in [0.25, 0.3) is 0 Å². The summed E-state index contributed by atoms with van der Waals surface area (Å²) in [6.45, 7) is 15.8. The van der Waals surface area contributed by atoms with Crippen LogP contribution in [0.15, 0.2) is 0 Å². The first-order valence-electron chi connectivity index (χ1n) is 8.11. The molecule has 0 fully saturated rings. The summed E-state index contributed by atoms with van der Waals surface area (Å²) in [7, 11) is 0. The van der Waals surface area contributed by atoms with E-state index in [1.807, 2.05) is 20.8 Å². The molecule has 2 atom stereocenters. The maximum atomic E-state index is 12.1. The summed E-state index contributed by atoms with van der Waals surface area (Å²) in [4.78, 5) is 14.6. The van der Waals surface area contributed by atoms with E-state index in [0.717, 1.165) is 38.9 Å². The standard InChI is InChI=1S/C16H34N2O2/c1-7-14(5)18(9-3)13-11-12-16(6,17-8-2)15(19)20-10-4/h14,17H,7-13H2,1-6H3. The van der Waals surface area contributed by atoms with Crippen LogP contribution in [0.1, 0.15) is 60.8 Å². The van der Waals surface area contributed by atoms with Crippen molar-refractivity contribution in [3.8, 4) is 0 Å². The molecular formula is C16H34N2O2. The average molecular weight is 286 g/mol. The van der Waals surface area contributed by atoms with Gasteiger partial charge in [0.1, 0.15) is 5.54 Å². The Labute approximate surface area is 125 Å². The molecule has 0 aromatic rings. The number of hydrogen-bond donors (Lipinski definition) is 1. The largest absolute Gasteiger partial charge is 0.465 e. The molecule has 0 aliphatic heterocycles. The van der Waals surface area contributed by atoms with Crippen LogP contribution < -0.4 is 5.32 Å². The highest BCUT2D eigenvalue weighted by molar-refractivity contribution is 5.80. The lowest BCUT2D eigenvalue weighted by Crippen LogP contribution is -2.51. The smallest absolute Gasteiger partial charge is 0.326 e. The first-order valence-corrected chi connectivity index (χ1v) is 8.11. The summed E-state index contributed by atoms with van der Waals surface area (Å²) >= 11 is 0. The van der Waals surface area contributed by atoms with Crippen LogP contribution in [0, 0.1) is 0 Å². The molecule has 0 amide bonds. The van der Waals surface area contributed by atoms with E-state index >= 15 is 0 Å². The molecule has 2 unspecified atom stereocenters. The fourth-order valence-corrected chi connectivity index (χ4v) is 2.53. The Hall–Kier alpha value is -0.610. The minimum absolute atomic E-state index is 0.131. The Morgan fingerprint density at radius 3 is 2.40 bits per heavy atom. The van der Waals surface area contributed by atoms with Crippen LogP contribution in [-0.4, -0.2) is 48.7 Å². The fraction of sp³-hybridized carbons (Fsp3) is 0.938. The zero-order valence-electron chi connectivity index (χ0n) is 14.3. The minimum Gasteiger partial charge on any atom is -0.465 e. The first-order chi connectivity index (χ1) is 9.45. The molecule has 0 bridgehead atoms. The van der Waals surface area contributed by atoms with Gasteiger partial charge in [0, 0.05) is 6.04 Å². The van der Waals surface area contributed by atoms with E-state index < -0.39 is 5.54 Å². The number of esters is 1. The number of likely N-dealkylation sites (N-methyl/N-ethyl adjacent to an activating group) is 1. The summed E-state index contributed by atoms with van der Waals surface area (Å²) in [5.41, 5.74) is -0.556. The van der Waals surface area contributed by atoms with Gasteiger partial charge in [0.05, 0.1) is 6.61 Å². The molecule has 0 heterocycles. The highest BCUT2D eigenvalue weighted by atomic mass is 16.5. The van der Waals surface area contributed by atoms with Crippen molar-refractivity contribution in [3.63, 3.8) is 0 Å². The van der Waals surface area contributed by atoms with Gasteiger partial charge in [0.25, 0.3) is 0 Å². The molecule has 4 nitrogen and oxygen atoms in total. The van der Waals surface area contributed by atoms with Gasteiger partial charge in [0.2, 0.25) is 0 Å². The van der Waals surface area contributed by atoms with Crippen molar-refractivity contribution in [2.45, 2.75) is 72.4 Å². The van der Waals surface area contributed by atoms with E-state index in [0.29, 0.717) is 12.6 Å². The van der Waals surface area contributed by atoms with Gasteiger partial charge in [0.15, 0.2) is 0 Å². The van der Waals surface area contributed by atoms with Gasteiger partial charge in [-0.25, -0.2) is 0 Å². The molecule has 1 N–H and O–H groups in total. The van der Waals surface area contributed by atoms with E-state index in [2.05, 4.69) is 31.0 Å². The third-order valence-corrected chi connectivity index (χ3v) is 4.04. The molecule has 120 valence electrons. The van der Waals surface area contributed by atoms with Gasteiger partial charge in [-0.3, -0.25) is 4.79 Å². The van der Waals surface area contributed by atoms with E-state index in [4.69, 9.17) is 4.74 Å². The molecule has 0 saturated heterocycles. The normalized spacial score (nSPS) is 15.9. The number of carbonyl (C=O) groups excluding carboxylic acids is 1. The number of hydrogen-bond acceptors (Lipinski definition) is 4. The van der Waals surface area contributed by atoms with Crippen LogP contribution in [0.4, 0.5) is 0 Å². The van der Waals surface area contributed by atoms with Crippen LogP contribution >= 0.6 is 0 Å². The van der Waals surface area contributed by atoms with Crippen molar-refractivity contribution < 1.29 is 9.53 Å². The molecule has 0 aromatic heterocycles. The lowest BCUT2D eigenvalue weighted by molar-refractivity contribution is -0.150. The molecule has 0 spiro atoms. The quantitative estimate of drug-likeness (QED) is 0.593. The van der Waals surface area contributed by atoms with E-state index in [9.17, 15) is 4.79 Å². The minimum atomic E-state index is -0.556. The van der Waals surface area contributed by atoms with Gasteiger partial charge in [-0.1, -0.05) is 20.8 Å². The van der Waals surface area contributed by atoms with Gasteiger partial charge in [-0.15, -0.1) is 0 Å². The average Bonchev–Trinajstić information content (AvgIpc) is 2.43. The molecule has 0 aromatic carbocycles. The molecule has 0 rings (SSSR count). The Morgan fingerprint density at radius 2 is 1.95 bits per heavy atom. The summed E-state index contributed by atoms with van der Waals surface area (Å²) in [5, 5.41) is 3.29. The van der Waals surface area contributed by atoms with Crippen LogP contribution in [0.5, 0.6) is 0 Å². The van der Waals surface area contributed by atoms with Crippen LogP contribution in [0.3, 0.4) is 0 Å². The second kappa shape index (κ2) is 10.2. The second-order valence-electron chi connectivity index (χ2n) is 5.57. The highest BCUT2D eigenvalue weighted by Crippen LogP contribution is 2.16. The molecule has 0 aliphatic carbocycles. The van der Waals surface area contributed by atoms with E-state index in [1.165, 1.54) is 0 Å². The van der Waals surface area contributed by atoms with Crippen molar-refractivity contribution >= 4 is 5.97 Å². The number of nitrogens with zero attached hydrogens (tertiary/aromatic N) is 1. The van der Waals surface area contributed by atoms with Crippen molar-refractivity contribution in [1.29, 1.82) is 0 Å². The fourth-order valence-electron chi connectivity index (χ4n) is 2.53. The lowest BCUT2D eigenvalue weighted by atomic mass is 9.95. The van der Waals surface area contributed by atoms with E-state index in [-0.39, 0.29) is 5.97 Å². The Balaban J connectivity index is 4.43. The highest BCUT2D eigenvalue weighted by Gasteiger charge is 2.33. The zero-order chi connectivity index (χ0) is 15.6. The van der Waals surface area contributed by atoms with Crippen molar-refractivity contribution in [3.05, 3.63) is 0 Å². The molecule has 20 heavy (non-hydrogen) atoms. The first kappa shape index (κ1) is 19.4. The van der Waals surface area contributed by atoms with Gasteiger partial charge < -0.3 is 15.0 Å². The number of carbonyl (C=O) groups is 1. The number of ether oxygens (including phenoxy) is 1. The molecule has 4 heteroatoms. The van der Waals surface area contributed by atoms with Crippen molar-refractivity contribution in [2.75, 3.05) is 26.2 Å². The predicted molar refractivity (Wildman–Crippen MR) is 84.9 cm³/mol. The Bertz CT molecular complexity index is 271.